The van der Waals surface area contributed by atoms with Crippen molar-refractivity contribution < 1.29 is 9.90 Å². The van der Waals surface area contributed by atoms with E-state index in [1.165, 1.54) is 32.1 Å². The second-order valence-corrected chi connectivity index (χ2v) is 6.42. The zero-order valence-corrected chi connectivity index (χ0v) is 11.6. The molecule has 0 aromatic rings. The molecular formula is C15H27NO2. The summed E-state index contributed by atoms with van der Waals surface area (Å²) in [6.07, 6.45) is 11.3. The van der Waals surface area contributed by atoms with Crippen LogP contribution in [-0.2, 0) is 4.79 Å². The molecule has 18 heavy (non-hydrogen) atoms. The van der Waals surface area contributed by atoms with Crippen molar-refractivity contribution in [1.29, 1.82) is 0 Å². The van der Waals surface area contributed by atoms with E-state index in [4.69, 9.17) is 0 Å². The van der Waals surface area contributed by atoms with Gasteiger partial charge in [0.05, 0.1) is 0 Å². The third-order valence-electron chi connectivity index (χ3n) is 4.74. The Morgan fingerprint density at radius 2 is 1.78 bits per heavy atom. The normalized spacial score (nSPS) is 35.1. The predicted molar refractivity (Wildman–Crippen MR) is 72.6 cm³/mol. The van der Waals surface area contributed by atoms with Crippen LogP contribution in [-0.4, -0.2) is 22.7 Å². The van der Waals surface area contributed by atoms with E-state index in [0.717, 1.165) is 32.1 Å². The number of carboxylic acid groups (broad SMARTS) is 1. The Labute approximate surface area is 110 Å². The van der Waals surface area contributed by atoms with E-state index < -0.39 is 11.5 Å². The number of hydrogen-bond donors (Lipinski definition) is 2. The largest absolute Gasteiger partial charge is 0.480 e. The maximum Gasteiger partial charge on any atom is 0.323 e. The number of aliphatic carboxylic acids is 1. The van der Waals surface area contributed by atoms with E-state index in [1.54, 1.807) is 0 Å². The van der Waals surface area contributed by atoms with Crippen LogP contribution in [0.15, 0.2) is 0 Å². The van der Waals surface area contributed by atoms with Gasteiger partial charge < -0.3 is 5.11 Å². The molecule has 0 bridgehead atoms. The van der Waals surface area contributed by atoms with E-state index in [9.17, 15) is 9.90 Å². The monoisotopic (exact) mass is 253 g/mol. The average molecular weight is 253 g/mol. The number of nitrogens with one attached hydrogen (secondary N) is 1. The molecule has 2 unspecified atom stereocenters. The molecule has 0 aromatic heterocycles. The van der Waals surface area contributed by atoms with Crippen LogP contribution >= 0.6 is 0 Å². The van der Waals surface area contributed by atoms with Gasteiger partial charge in [-0.05, 0) is 31.6 Å². The topological polar surface area (TPSA) is 49.3 Å². The summed E-state index contributed by atoms with van der Waals surface area (Å²) >= 11 is 0. The summed E-state index contributed by atoms with van der Waals surface area (Å²) in [7, 11) is 0. The minimum absolute atomic E-state index is 0.425. The molecule has 2 fully saturated rings. The molecule has 3 heteroatoms. The fourth-order valence-corrected chi connectivity index (χ4v) is 3.75. The summed E-state index contributed by atoms with van der Waals surface area (Å²) < 4.78 is 0. The zero-order valence-electron chi connectivity index (χ0n) is 11.6. The highest BCUT2D eigenvalue weighted by atomic mass is 16.4. The average Bonchev–Trinajstić information content (AvgIpc) is 2.57. The molecule has 104 valence electrons. The lowest BCUT2D eigenvalue weighted by Gasteiger charge is -2.40. The Morgan fingerprint density at radius 3 is 2.33 bits per heavy atom. The fraction of sp³-hybridized carbons (Fsp3) is 0.933. The van der Waals surface area contributed by atoms with E-state index in [0.29, 0.717) is 12.0 Å². The highest BCUT2D eigenvalue weighted by molar-refractivity contribution is 5.79. The number of hydrogen-bond acceptors (Lipinski definition) is 2. The Bertz CT molecular complexity index is 284. The minimum Gasteiger partial charge on any atom is -0.480 e. The van der Waals surface area contributed by atoms with Gasteiger partial charge in [0.25, 0.3) is 0 Å². The quantitative estimate of drug-likeness (QED) is 0.758. The van der Waals surface area contributed by atoms with Crippen molar-refractivity contribution in [2.45, 2.75) is 82.7 Å². The summed E-state index contributed by atoms with van der Waals surface area (Å²) in [5.74, 6) is -0.0913. The van der Waals surface area contributed by atoms with Crippen molar-refractivity contribution in [3.05, 3.63) is 0 Å². The molecular weight excluding hydrogens is 226 g/mol. The Balaban J connectivity index is 2.02. The van der Waals surface area contributed by atoms with Crippen molar-refractivity contribution in [2.75, 3.05) is 0 Å². The zero-order chi connectivity index (χ0) is 13.0. The number of carboxylic acids is 1. The first-order valence-electron chi connectivity index (χ1n) is 7.63. The van der Waals surface area contributed by atoms with E-state index in [2.05, 4.69) is 12.2 Å². The van der Waals surface area contributed by atoms with E-state index in [-0.39, 0.29) is 0 Å². The molecule has 0 aliphatic heterocycles. The summed E-state index contributed by atoms with van der Waals surface area (Å²) in [6, 6.07) is 0.425. The standard InChI is InChI=1S/C15H27NO2/c1-12-7-6-10-15(11-12,14(17)18)16-13-8-4-2-3-5-9-13/h12-13,16H,2-11H2,1H3,(H,17,18). The van der Waals surface area contributed by atoms with Crippen molar-refractivity contribution in [1.82, 2.24) is 5.32 Å². The van der Waals surface area contributed by atoms with Crippen LogP contribution in [0.4, 0.5) is 0 Å². The summed E-state index contributed by atoms with van der Waals surface area (Å²) in [4.78, 5) is 11.7. The maximum atomic E-state index is 11.7. The van der Waals surface area contributed by atoms with Crippen LogP contribution in [0.3, 0.4) is 0 Å². The fourth-order valence-electron chi connectivity index (χ4n) is 3.75. The molecule has 2 aliphatic carbocycles. The molecule has 2 rings (SSSR count). The highest BCUT2D eigenvalue weighted by Gasteiger charge is 2.42. The van der Waals surface area contributed by atoms with Gasteiger partial charge >= 0.3 is 5.97 Å². The smallest absolute Gasteiger partial charge is 0.323 e. The summed E-state index contributed by atoms with van der Waals surface area (Å²) in [6.45, 7) is 2.19. The van der Waals surface area contributed by atoms with Gasteiger partial charge in [0, 0.05) is 6.04 Å². The number of rotatable bonds is 3. The van der Waals surface area contributed by atoms with Crippen LogP contribution in [0, 0.1) is 5.92 Å². The molecule has 2 atom stereocenters. The van der Waals surface area contributed by atoms with Gasteiger partial charge in [-0.3, -0.25) is 10.1 Å². The van der Waals surface area contributed by atoms with Gasteiger partial charge in [0.2, 0.25) is 0 Å². The molecule has 0 spiro atoms. The summed E-state index contributed by atoms with van der Waals surface area (Å²) in [5.41, 5.74) is -0.632. The minimum atomic E-state index is -0.632. The third kappa shape index (κ3) is 3.25. The first kappa shape index (κ1) is 13.9. The van der Waals surface area contributed by atoms with Crippen LogP contribution in [0.1, 0.15) is 71.1 Å². The first-order chi connectivity index (χ1) is 8.62. The summed E-state index contributed by atoms with van der Waals surface area (Å²) in [5, 5.41) is 13.2. The maximum absolute atomic E-state index is 11.7. The number of carbonyl (C=O) groups is 1. The third-order valence-corrected chi connectivity index (χ3v) is 4.74. The van der Waals surface area contributed by atoms with Crippen LogP contribution in [0.5, 0.6) is 0 Å². The molecule has 2 N–H and O–H groups in total. The van der Waals surface area contributed by atoms with Crippen molar-refractivity contribution in [2.24, 2.45) is 5.92 Å². The predicted octanol–water partition coefficient (Wildman–Crippen LogP) is 3.33. The van der Waals surface area contributed by atoms with Gasteiger partial charge in [-0.15, -0.1) is 0 Å². The Kier molecular flexibility index (Phi) is 4.66. The molecule has 0 aromatic carbocycles. The Hall–Kier alpha value is -0.570. The van der Waals surface area contributed by atoms with Crippen LogP contribution in [0.25, 0.3) is 0 Å². The lowest BCUT2D eigenvalue weighted by molar-refractivity contribution is -0.147. The van der Waals surface area contributed by atoms with Crippen LogP contribution < -0.4 is 5.32 Å². The van der Waals surface area contributed by atoms with E-state index in [1.807, 2.05) is 0 Å². The Morgan fingerprint density at radius 1 is 1.11 bits per heavy atom. The van der Waals surface area contributed by atoms with Gasteiger partial charge in [0.15, 0.2) is 0 Å². The molecule has 2 saturated carbocycles. The lowest BCUT2D eigenvalue weighted by Crippen LogP contribution is -2.58. The molecule has 0 heterocycles. The molecule has 2 aliphatic rings. The van der Waals surface area contributed by atoms with Crippen molar-refractivity contribution in [3.8, 4) is 0 Å². The van der Waals surface area contributed by atoms with Gasteiger partial charge in [-0.25, -0.2) is 0 Å². The molecule has 3 nitrogen and oxygen atoms in total. The van der Waals surface area contributed by atoms with Crippen molar-refractivity contribution in [3.63, 3.8) is 0 Å². The lowest BCUT2D eigenvalue weighted by atomic mass is 9.75. The van der Waals surface area contributed by atoms with Gasteiger partial charge in [-0.2, -0.15) is 0 Å². The molecule has 0 saturated heterocycles. The second kappa shape index (κ2) is 6.05. The van der Waals surface area contributed by atoms with Gasteiger partial charge in [0.1, 0.15) is 5.54 Å². The van der Waals surface area contributed by atoms with Gasteiger partial charge in [-0.1, -0.05) is 45.4 Å². The second-order valence-electron chi connectivity index (χ2n) is 6.42. The van der Waals surface area contributed by atoms with E-state index >= 15 is 0 Å². The molecule has 0 radical (unpaired) electrons. The molecule has 0 amide bonds. The van der Waals surface area contributed by atoms with Crippen LogP contribution in [0.2, 0.25) is 0 Å². The first-order valence-corrected chi connectivity index (χ1v) is 7.63. The highest BCUT2D eigenvalue weighted by Crippen LogP contribution is 2.34. The van der Waals surface area contributed by atoms with Crippen molar-refractivity contribution >= 4 is 5.97 Å². The SMILES string of the molecule is CC1CCCC(NC2CCCCCC2)(C(=O)O)C1.